The maximum atomic E-state index is 4.28. The highest BCUT2D eigenvalue weighted by atomic mass is 32.1. The van der Waals surface area contributed by atoms with E-state index in [0.29, 0.717) is 0 Å². The highest BCUT2D eigenvalue weighted by Crippen LogP contribution is 2.14. The molecule has 3 heteroatoms. The Morgan fingerprint density at radius 1 is 1.62 bits per heavy atom. The van der Waals surface area contributed by atoms with Crippen molar-refractivity contribution in [2.75, 3.05) is 0 Å². The molecule has 0 aliphatic rings. The molecule has 0 fully saturated rings. The number of rotatable bonds is 3. The molecular weight excluding hydrogens is 180 g/mol. The lowest BCUT2D eigenvalue weighted by Crippen LogP contribution is -1.99. The van der Waals surface area contributed by atoms with Crippen LogP contribution in [0, 0.1) is 5.38 Å². The van der Waals surface area contributed by atoms with Gasteiger partial charge in [0.2, 0.25) is 0 Å². The van der Waals surface area contributed by atoms with Crippen LogP contribution in [0.2, 0.25) is 0 Å². The number of hydrogen-bond acceptors (Lipinski definition) is 2. The molecule has 0 saturated heterocycles. The van der Waals surface area contributed by atoms with Gasteiger partial charge in [0.25, 0.3) is 0 Å². The molecule has 0 aliphatic heterocycles. The van der Waals surface area contributed by atoms with Crippen molar-refractivity contribution < 1.29 is 0 Å². The van der Waals surface area contributed by atoms with Gasteiger partial charge in [-0.05, 0) is 18.6 Å². The average Bonchev–Trinajstić information content (AvgIpc) is 2.71. The molecule has 0 spiro atoms. The van der Waals surface area contributed by atoms with E-state index in [2.05, 4.69) is 28.8 Å². The second-order valence-electron chi connectivity index (χ2n) is 2.91. The summed E-state index contributed by atoms with van der Waals surface area (Å²) in [7, 11) is 0. The van der Waals surface area contributed by atoms with E-state index in [1.165, 1.54) is 5.69 Å². The van der Waals surface area contributed by atoms with Crippen LogP contribution in [0.25, 0.3) is 5.69 Å². The van der Waals surface area contributed by atoms with Gasteiger partial charge in [-0.1, -0.05) is 13.3 Å². The summed E-state index contributed by atoms with van der Waals surface area (Å²) in [4.78, 5) is 0. The number of thiophene rings is 1. The van der Waals surface area contributed by atoms with Crippen molar-refractivity contribution in [1.29, 1.82) is 0 Å². The zero-order valence-corrected chi connectivity index (χ0v) is 8.34. The molecule has 0 N–H and O–H groups in total. The first-order chi connectivity index (χ1) is 6.42. The van der Waals surface area contributed by atoms with Crippen LogP contribution in [0.4, 0.5) is 0 Å². The van der Waals surface area contributed by atoms with Gasteiger partial charge in [-0.25, -0.2) is 4.68 Å². The molecule has 0 bridgehead atoms. The Labute approximate surface area is 81.8 Å². The van der Waals surface area contributed by atoms with E-state index in [1.807, 2.05) is 16.9 Å². The summed E-state index contributed by atoms with van der Waals surface area (Å²) in [5.41, 5.74) is 2.40. The summed E-state index contributed by atoms with van der Waals surface area (Å²) in [5, 5.41) is 9.41. The standard InChI is InChI=1S/C10H11N2S/c1-2-3-9-4-6-11-12(9)10-5-7-13-8-10/h4-6,8H,2-3H2,1H3. The molecule has 1 radical (unpaired) electrons. The molecule has 13 heavy (non-hydrogen) atoms. The molecule has 67 valence electrons. The minimum atomic E-state index is 1.08. The first-order valence-corrected chi connectivity index (χ1v) is 5.27. The van der Waals surface area contributed by atoms with Crippen LogP contribution in [0.15, 0.2) is 23.7 Å². The van der Waals surface area contributed by atoms with E-state index in [1.54, 1.807) is 11.3 Å². The fraction of sp³-hybridized carbons (Fsp3) is 0.300. The van der Waals surface area contributed by atoms with Gasteiger partial charge >= 0.3 is 0 Å². The zero-order valence-electron chi connectivity index (χ0n) is 7.53. The van der Waals surface area contributed by atoms with Gasteiger partial charge in [-0.2, -0.15) is 5.10 Å². The van der Waals surface area contributed by atoms with Crippen molar-refractivity contribution in [1.82, 2.24) is 9.78 Å². The number of nitrogens with zero attached hydrogens (tertiary/aromatic N) is 2. The third kappa shape index (κ3) is 1.65. The van der Waals surface area contributed by atoms with Gasteiger partial charge < -0.3 is 0 Å². The minimum absolute atomic E-state index is 1.08. The molecule has 0 aliphatic carbocycles. The Hall–Kier alpha value is -1.09. The van der Waals surface area contributed by atoms with E-state index >= 15 is 0 Å². The molecular formula is C10H11N2S. The summed E-state index contributed by atoms with van der Waals surface area (Å²) in [6.45, 7) is 2.18. The van der Waals surface area contributed by atoms with Crippen molar-refractivity contribution in [3.8, 4) is 5.69 Å². The smallest absolute Gasteiger partial charge is 0.0762 e. The molecule has 0 unspecified atom stereocenters. The maximum absolute atomic E-state index is 4.28. The van der Waals surface area contributed by atoms with Gasteiger partial charge in [-0.3, -0.25) is 0 Å². The van der Waals surface area contributed by atoms with Crippen LogP contribution in [0.3, 0.4) is 0 Å². The SMILES string of the molecule is CCCc1ccnn1-c1c[c]sc1. The normalized spacial score (nSPS) is 10.5. The quantitative estimate of drug-likeness (QED) is 0.729. The highest BCUT2D eigenvalue weighted by molar-refractivity contribution is 7.07. The van der Waals surface area contributed by atoms with Crippen molar-refractivity contribution in [2.45, 2.75) is 19.8 Å². The molecule has 0 saturated carbocycles. The Balaban J connectivity index is 2.35. The highest BCUT2D eigenvalue weighted by Gasteiger charge is 2.03. The lowest BCUT2D eigenvalue weighted by molar-refractivity contribution is 0.777. The first kappa shape index (κ1) is 8.51. The summed E-state index contributed by atoms with van der Waals surface area (Å²) in [6, 6.07) is 4.04. The van der Waals surface area contributed by atoms with E-state index in [-0.39, 0.29) is 0 Å². The van der Waals surface area contributed by atoms with Crippen LogP contribution in [-0.2, 0) is 6.42 Å². The molecule has 2 nitrogen and oxygen atoms in total. The number of aromatic nitrogens is 2. The second-order valence-corrected chi connectivity index (χ2v) is 3.61. The Morgan fingerprint density at radius 3 is 3.23 bits per heavy atom. The van der Waals surface area contributed by atoms with Crippen molar-refractivity contribution in [3.63, 3.8) is 0 Å². The molecule has 0 amide bonds. The minimum Gasteiger partial charge on any atom is -0.237 e. The van der Waals surface area contributed by atoms with Gasteiger partial charge in [0.15, 0.2) is 0 Å². The Morgan fingerprint density at radius 2 is 2.54 bits per heavy atom. The topological polar surface area (TPSA) is 17.8 Å². The second kappa shape index (κ2) is 3.75. The Kier molecular flexibility index (Phi) is 2.45. The first-order valence-electron chi connectivity index (χ1n) is 4.39. The van der Waals surface area contributed by atoms with E-state index in [0.717, 1.165) is 18.5 Å². The average molecular weight is 191 g/mol. The summed E-state index contributed by atoms with van der Waals surface area (Å²) in [6.07, 6.45) is 4.08. The summed E-state index contributed by atoms with van der Waals surface area (Å²) in [5.74, 6) is 0. The third-order valence-corrected chi connectivity index (χ3v) is 2.54. The fourth-order valence-corrected chi connectivity index (χ4v) is 1.89. The van der Waals surface area contributed by atoms with E-state index in [4.69, 9.17) is 0 Å². The van der Waals surface area contributed by atoms with Gasteiger partial charge in [0.05, 0.1) is 5.69 Å². The lowest BCUT2D eigenvalue weighted by atomic mass is 10.2. The lowest BCUT2D eigenvalue weighted by Gasteiger charge is -2.02. The van der Waals surface area contributed by atoms with Crippen LogP contribution in [0.1, 0.15) is 19.0 Å². The summed E-state index contributed by atoms with van der Waals surface area (Å²) >= 11 is 1.58. The van der Waals surface area contributed by atoms with Crippen molar-refractivity contribution >= 4 is 11.3 Å². The molecule has 2 aromatic heterocycles. The van der Waals surface area contributed by atoms with Crippen molar-refractivity contribution in [3.05, 3.63) is 34.8 Å². The van der Waals surface area contributed by atoms with Gasteiger partial charge in [0.1, 0.15) is 0 Å². The predicted octanol–water partition coefficient (Wildman–Crippen LogP) is 2.69. The molecule has 2 heterocycles. The van der Waals surface area contributed by atoms with Gasteiger partial charge in [0, 0.05) is 22.7 Å². The number of aryl methyl sites for hydroxylation is 1. The number of hydrogen-bond donors (Lipinski definition) is 0. The largest absolute Gasteiger partial charge is 0.237 e. The van der Waals surface area contributed by atoms with Crippen LogP contribution in [0.5, 0.6) is 0 Å². The molecule has 0 atom stereocenters. The predicted molar refractivity (Wildman–Crippen MR) is 54.3 cm³/mol. The fourth-order valence-electron chi connectivity index (χ4n) is 1.34. The zero-order chi connectivity index (χ0) is 9.10. The molecule has 2 rings (SSSR count). The maximum Gasteiger partial charge on any atom is 0.0762 e. The van der Waals surface area contributed by atoms with Crippen molar-refractivity contribution in [2.24, 2.45) is 0 Å². The third-order valence-electron chi connectivity index (χ3n) is 1.93. The summed E-state index contributed by atoms with van der Waals surface area (Å²) < 4.78 is 1.98. The van der Waals surface area contributed by atoms with E-state index in [9.17, 15) is 0 Å². The van der Waals surface area contributed by atoms with Crippen LogP contribution >= 0.6 is 11.3 Å². The molecule has 2 aromatic rings. The Bertz CT molecular complexity index is 362. The monoisotopic (exact) mass is 191 g/mol. The van der Waals surface area contributed by atoms with Gasteiger partial charge in [-0.15, -0.1) is 11.3 Å². The molecule has 0 aromatic carbocycles. The van der Waals surface area contributed by atoms with Crippen LogP contribution < -0.4 is 0 Å². The van der Waals surface area contributed by atoms with Crippen LogP contribution in [-0.4, -0.2) is 9.78 Å². The van der Waals surface area contributed by atoms with E-state index < -0.39 is 0 Å².